The third-order valence-corrected chi connectivity index (χ3v) is 5.27. The summed E-state index contributed by atoms with van der Waals surface area (Å²) in [6, 6.07) is 13.6. The minimum atomic E-state index is -0.0649. The second kappa shape index (κ2) is 11.4. The van der Waals surface area contributed by atoms with Crippen molar-refractivity contribution in [2.45, 2.75) is 39.3 Å². The Bertz CT molecular complexity index is 773. The van der Waals surface area contributed by atoms with E-state index in [-0.39, 0.29) is 24.4 Å². The molecule has 1 atom stereocenters. The van der Waals surface area contributed by atoms with Crippen LogP contribution in [0.2, 0.25) is 0 Å². The van der Waals surface area contributed by atoms with Crippen LogP contribution < -0.4 is 0 Å². The Hall–Kier alpha value is -2.60. The highest BCUT2D eigenvalue weighted by atomic mass is 16.5. The van der Waals surface area contributed by atoms with Crippen molar-refractivity contribution in [3.05, 3.63) is 59.9 Å². The van der Waals surface area contributed by atoms with Gasteiger partial charge in [-0.2, -0.15) is 0 Å². The summed E-state index contributed by atoms with van der Waals surface area (Å²) in [5.74, 6) is -0.0885. The van der Waals surface area contributed by atoms with Gasteiger partial charge in [-0.3, -0.25) is 9.59 Å². The highest BCUT2D eigenvalue weighted by molar-refractivity contribution is 5.86. The predicted octanol–water partition coefficient (Wildman–Crippen LogP) is 2.87. The molecule has 1 heterocycles. The van der Waals surface area contributed by atoms with Crippen LogP contribution in [0.15, 0.2) is 48.7 Å². The lowest BCUT2D eigenvalue weighted by atomic mass is 10.1. The smallest absolute Gasteiger partial charge is 0.242 e. The number of hydrogen-bond donors (Lipinski definition) is 0. The third kappa shape index (κ3) is 6.75. The Morgan fingerprint density at radius 2 is 1.83 bits per heavy atom. The molecular formula is C23H33N3O3. The van der Waals surface area contributed by atoms with Gasteiger partial charge in [0.05, 0.1) is 19.6 Å². The Morgan fingerprint density at radius 1 is 1.10 bits per heavy atom. The van der Waals surface area contributed by atoms with Gasteiger partial charge in [-0.05, 0) is 31.0 Å². The normalized spacial score (nSPS) is 11.9. The van der Waals surface area contributed by atoms with Gasteiger partial charge in [0, 0.05) is 38.6 Å². The molecule has 158 valence electrons. The molecular weight excluding hydrogens is 366 g/mol. The van der Waals surface area contributed by atoms with Gasteiger partial charge in [0.25, 0.3) is 0 Å². The molecule has 0 aliphatic heterocycles. The lowest BCUT2D eigenvalue weighted by Gasteiger charge is -2.31. The van der Waals surface area contributed by atoms with Crippen molar-refractivity contribution in [2.24, 2.45) is 7.05 Å². The number of amides is 2. The molecule has 0 fully saturated rings. The van der Waals surface area contributed by atoms with Gasteiger partial charge in [0.1, 0.15) is 6.54 Å². The van der Waals surface area contributed by atoms with Crippen LogP contribution in [-0.4, -0.2) is 59.0 Å². The van der Waals surface area contributed by atoms with Crippen molar-refractivity contribution in [2.75, 3.05) is 26.8 Å². The Kier molecular flexibility index (Phi) is 8.93. The van der Waals surface area contributed by atoms with Crippen LogP contribution in [0.1, 0.15) is 31.5 Å². The molecule has 1 unspecified atom stereocenters. The number of benzene rings is 1. The average molecular weight is 400 g/mol. The molecule has 6 heteroatoms. The van der Waals surface area contributed by atoms with Crippen LogP contribution in [0, 0.1) is 0 Å². The van der Waals surface area contributed by atoms with E-state index in [9.17, 15) is 9.59 Å². The quantitative estimate of drug-likeness (QED) is 0.584. The summed E-state index contributed by atoms with van der Waals surface area (Å²) in [6.45, 7) is 5.54. The maximum absolute atomic E-state index is 13.1. The maximum atomic E-state index is 13.1. The zero-order chi connectivity index (χ0) is 21.2. The van der Waals surface area contributed by atoms with Gasteiger partial charge in [-0.25, -0.2) is 0 Å². The van der Waals surface area contributed by atoms with Crippen LogP contribution in [0.4, 0.5) is 0 Å². The first kappa shape index (κ1) is 22.7. The van der Waals surface area contributed by atoms with E-state index in [4.69, 9.17) is 4.74 Å². The number of aromatic nitrogens is 1. The largest absolute Gasteiger partial charge is 0.383 e. The summed E-state index contributed by atoms with van der Waals surface area (Å²) >= 11 is 0. The van der Waals surface area contributed by atoms with E-state index in [0.717, 1.165) is 17.7 Å². The van der Waals surface area contributed by atoms with Crippen LogP contribution in [-0.2, 0) is 34.3 Å². The average Bonchev–Trinajstić information content (AvgIpc) is 3.13. The number of methoxy groups -OCH3 is 1. The lowest BCUT2D eigenvalue weighted by molar-refractivity contribution is -0.142. The van der Waals surface area contributed by atoms with Crippen LogP contribution in [0.3, 0.4) is 0 Å². The summed E-state index contributed by atoms with van der Waals surface area (Å²) in [5.41, 5.74) is 2.00. The first-order valence-electron chi connectivity index (χ1n) is 10.2. The van der Waals surface area contributed by atoms with Gasteiger partial charge >= 0.3 is 0 Å². The number of carbonyl (C=O) groups is 2. The molecule has 2 aromatic rings. The number of nitrogens with zero attached hydrogens (tertiary/aromatic N) is 3. The fraction of sp³-hybridized carbons (Fsp3) is 0.478. The molecule has 1 aromatic carbocycles. The second-order valence-electron chi connectivity index (χ2n) is 7.36. The molecule has 0 N–H and O–H groups in total. The fourth-order valence-electron chi connectivity index (χ4n) is 3.18. The molecule has 0 bridgehead atoms. The van der Waals surface area contributed by atoms with Crippen molar-refractivity contribution in [1.29, 1.82) is 0 Å². The van der Waals surface area contributed by atoms with Crippen molar-refractivity contribution >= 4 is 11.8 Å². The number of carbonyl (C=O) groups excluding carboxylic acids is 2. The van der Waals surface area contributed by atoms with Crippen molar-refractivity contribution in [3.8, 4) is 0 Å². The number of hydrogen-bond acceptors (Lipinski definition) is 3. The fourth-order valence-corrected chi connectivity index (χ4v) is 3.18. The van der Waals surface area contributed by atoms with Crippen LogP contribution in [0.25, 0.3) is 0 Å². The van der Waals surface area contributed by atoms with E-state index in [0.29, 0.717) is 26.1 Å². The monoisotopic (exact) mass is 399 g/mol. The third-order valence-electron chi connectivity index (χ3n) is 5.27. The van der Waals surface area contributed by atoms with E-state index >= 15 is 0 Å². The van der Waals surface area contributed by atoms with Crippen LogP contribution >= 0.6 is 0 Å². The van der Waals surface area contributed by atoms with Gasteiger partial charge in [-0.1, -0.05) is 37.3 Å². The molecule has 6 nitrogen and oxygen atoms in total. The minimum Gasteiger partial charge on any atom is -0.383 e. The SMILES string of the molecule is CCC(C)N(CC(=O)N(CCOC)Cc1cccn1C)C(=O)Cc1ccccc1. The van der Waals surface area contributed by atoms with Gasteiger partial charge in [-0.15, -0.1) is 0 Å². The molecule has 0 aliphatic carbocycles. The Morgan fingerprint density at radius 3 is 2.41 bits per heavy atom. The van der Waals surface area contributed by atoms with E-state index in [1.165, 1.54) is 0 Å². The number of ether oxygens (including phenoxy) is 1. The predicted molar refractivity (Wildman–Crippen MR) is 114 cm³/mol. The molecule has 29 heavy (non-hydrogen) atoms. The van der Waals surface area contributed by atoms with E-state index in [1.54, 1.807) is 16.9 Å². The summed E-state index contributed by atoms with van der Waals surface area (Å²) < 4.78 is 7.19. The van der Waals surface area contributed by atoms with E-state index < -0.39 is 0 Å². The van der Waals surface area contributed by atoms with Crippen LogP contribution in [0.5, 0.6) is 0 Å². The van der Waals surface area contributed by atoms with Gasteiger partial charge in [0.2, 0.25) is 11.8 Å². The summed E-state index contributed by atoms with van der Waals surface area (Å²) in [4.78, 5) is 29.6. The number of rotatable bonds is 11. The second-order valence-corrected chi connectivity index (χ2v) is 7.36. The van der Waals surface area contributed by atoms with Gasteiger partial charge < -0.3 is 19.1 Å². The van der Waals surface area contributed by atoms with Gasteiger partial charge in [0.15, 0.2) is 0 Å². The van der Waals surface area contributed by atoms with Crippen molar-refractivity contribution in [3.63, 3.8) is 0 Å². The van der Waals surface area contributed by atoms with Crippen molar-refractivity contribution < 1.29 is 14.3 Å². The standard InChI is InChI=1S/C23H33N3O3/c1-5-19(2)26(22(27)16-20-10-7-6-8-11-20)18-23(28)25(14-15-29-4)17-21-12-9-13-24(21)3/h6-13,19H,5,14-18H2,1-4H3. The van der Waals surface area contributed by atoms with Crippen molar-refractivity contribution in [1.82, 2.24) is 14.4 Å². The molecule has 2 amide bonds. The first-order chi connectivity index (χ1) is 14.0. The zero-order valence-corrected chi connectivity index (χ0v) is 18.0. The molecule has 0 radical (unpaired) electrons. The van der Waals surface area contributed by atoms with E-state index in [1.807, 2.05) is 74.1 Å². The Labute approximate surface area is 174 Å². The maximum Gasteiger partial charge on any atom is 0.242 e. The van der Waals surface area contributed by atoms with E-state index in [2.05, 4.69) is 0 Å². The zero-order valence-electron chi connectivity index (χ0n) is 18.0. The molecule has 0 saturated heterocycles. The highest BCUT2D eigenvalue weighted by Gasteiger charge is 2.25. The molecule has 0 saturated carbocycles. The molecule has 0 spiro atoms. The Balaban J connectivity index is 2.12. The molecule has 0 aliphatic rings. The molecule has 2 rings (SSSR count). The summed E-state index contributed by atoms with van der Waals surface area (Å²) in [6.07, 6.45) is 3.06. The topological polar surface area (TPSA) is 54.8 Å². The summed E-state index contributed by atoms with van der Waals surface area (Å²) in [7, 11) is 3.59. The summed E-state index contributed by atoms with van der Waals surface area (Å²) in [5, 5.41) is 0. The molecule has 1 aromatic heterocycles. The first-order valence-corrected chi connectivity index (χ1v) is 10.2. The number of aryl methyl sites for hydroxylation is 1. The lowest BCUT2D eigenvalue weighted by Crippen LogP contribution is -2.47. The highest BCUT2D eigenvalue weighted by Crippen LogP contribution is 2.12. The minimum absolute atomic E-state index is 0.00512.